The van der Waals surface area contributed by atoms with Crippen LogP contribution in [0.15, 0.2) is 12.4 Å². The van der Waals surface area contributed by atoms with E-state index in [9.17, 15) is 13.6 Å². The van der Waals surface area contributed by atoms with E-state index >= 15 is 0 Å². The van der Waals surface area contributed by atoms with Gasteiger partial charge in [0.2, 0.25) is 0 Å². The number of alkyl halides is 2. The number of amides is 1. The molecule has 1 aliphatic rings. The molecule has 2 aromatic rings. The van der Waals surface area contributed by atoms with Gasteiger partial charge in [-0.05, 0) is 0 Å². The number of rotatable bonds is 4. The first-order valence-corrected chi connectivity index (χ1v) is 6.52. The van der Waals surface area contributed by atoms with Crippen molar-refractivity contribution in [3.63, 3.8) is 0 Å². The highest BCUT2D eigenvalue weighted by atomic mass is 19.3. The van der Waals surface area contributed by atoms with Gasteiger partial charge in [0.1, 0.15) is 6.54 Å². The van der Waals surface area contributed by atoms with Crippen LogP contribution in [0, 0.1) is 0 Å². The second-order valence-electron chi connectivity index (χ2n) is 4.75. The summed E-state index contributed by atoms with van der Waals surface area (Å²) < 4.78 is 25.6. The first kappa shape index (κ1) is 13.7. The molecule has 0 bridgehead atoms. The van der Waals surface area contributed by atoms with E-state index in [2.05, 4.69) is 25.9 Å². The summed E-state index contributed by atoms with van der Waals surface area (Å²) in [4.78, 5) is 12.2. The van der Waals surface area contributed by atoms with Crippen LogP contribution in [-0.4, -0.2) is 38.9 Å². The van der Waals surface area contributed by atoms with Crippen LogP contribution < -0.4 is 10.6 Å². The molecule has 0 saturated carbocycles. The van der Waals surface area contributed by atoms with Gasteiger partial charge in [0.15, 0.2) is 5.69 Å². The van der Waals surface area contributed by atoms with E-state index in [-0.39, 0.29) is 5.91 Å². The molecule has 3 N–H and O–H groups in total. The third-order valence-electron chi connectivity index (χ3n) is 3.24. The highest BCUT2D eigenvalue weighted by molar-refractivity contribution is 6.03. The zero-order valence-electron chi connectivity index (χ0n) is 11.1. The minimum absolute atomic E-state index is 0.318. The predicted molar refractivity (Wildman–Crippen MR) is 70.2 cm³/mol. The number of anilines is 1. The number of hydrogen-bond acceptors (Lipinski definition) is 4. The van der Waals surface area contributed by atoms with E-state index in [1.807, 2.05) is 0 Å². The van der Waals surface area contributed by atoms with E-state index in [4.69, 9.17) is 0 Å². The molecule has 0 aromatic carbocycles. The summed E-state index contributed by atoms with van der Waals surface area (Å²) in [6, 6.07) is 0. The fourth-order valence-electron chi connectivity index (χ4n) is 2.27. The van der Waals surface area contributed by atoms with E-state index in [0.717, 1.165) is 28.9 Å². The summed E-state index contributed by atoms with van der Waals surface area (Å²) in [6.07, 6.45) is 0.999. The first-order chi connectivity index (χ1) is 10.1. The van der Waals surface area contributed by atoms with E-state index < -0.39 is 13.0 Å². The summed E-state index contributed by atoms with van der Waals surface area (Å²) in [5.41, 5.74) is 2.48. The Morgan fingerprint density at radius 3 is 3.19 bits per heavy atom. The third-order valence-corrected chi connectivity index (χ3v) is 3.24. The largest absolute Gasteiger partial charge is 0.318 e. The zero-order valence-corrected chi connectivity index (χ0v) is 11.1. The first-order valence-electron chi connectivity index (χ1n) is 6.52. The molecule has 0 aliphatic carbocycles. The molecule has 1 amide bonds. The van der Waals surface area contributed by atoms with Gasteiger partial charge in [-0.1, -0.05) is 0 Å². The van der Waals surface area contributed by atoms with Gasteiger partial charge in [0, 0.05) is 37.0 Å². The van der Waals surface area contributed by atoms with Crippen LogP contribution in [0.25, 0.3) is 0 Å². The maximum absolute atomic E-state index is 12.2. The number of nitrogens with one attached hydrogen (secondary N) is 3. The smallest absolute Gasteiger partial charge is 0.276 e. The maximum Gasteiger partial charge on any atom is 0.276 e. The highest BCUT2D eigenvalue weighted by Crippen LogP contribution is 2.17. The van der Waals surface area contributed by atoms with E-state index in [1.165, 1.54) is 12.4 Å². The lowest BCUT2D eigenvalue weighted by atomic mass is 10.1. The Morgan fingerprint density at radius 1 is 1.52 bits per heavy atom. The van der Waals surface area contributed by atoms with Crippen molar-refractivity contribution in [3.8, 4) is 0 Å². The quantitative estimate of drug-likeness (QED) is 0.777. The van der Waals surface area contributed by atoms with Crippen molar-refractivity contribution in [3.05, 3.63) is 29.3 Å². The van der Waals surface area contributed by atoms with Crippen molar-refractivity contribution >= 4 is 11.6 Å². The Hall–Kier alpha value is -2.29. The van der Waals surface area contributed by atoms with Crippen LogP contribution in [0.4, 0.5) is 14.5 Å². The van der Waals surface area contributed by atoms with Crippen molar-refractivity contribution in [1.29, 1.82) is 0 Å². The lowest BCUT2D eigenvalue weighted by Crippen LogP contribution is -2.25. The maximum atomic E-state index is 12.2. The summed E-state index contributed by atoms with van der Waals surface area (Å²) in [5.74, 6) is -0.382. The molecule has 3 rings (SSSR count). The molecule has 2 aromatic heterocycles. The van der Waals surface area contributed by atoms with Crippen LogP contribution in [0.2, 0.25) is 0 Å². The summed E-state index contributed by atoms with van der Waals surface area (Å²) in [5, 5.41) is 16.4. The van der Waals surface area contributed by atoms with E-state index in [1.54, 1.807) is 0 Å². The zero-order chi connectivity index (χ0) is 14.8. The molecule has 0 fully saturated rings. The minimum Gasteiger partial charge on any atom is -0.318 e. The van der Waals surface area contributed by atoms with Crippen LogP contribution in [0.3, 0.4) is 0 Å². The summed E-state index contributed by atoms with van der Waals surface area (Å²) >= 11 is 0. The van der Waals surface area contributed by atoms with Crippen molar-refractivity contribution in [2.45, 2.75) is 25.9 Å². The predicted octanol–water partition coefficient (Wildman–Crippen LogP) is 0.769. The number of carbonyl (C=O) groups is 1. The number of halogens is 2. The molecule has 7 nitrogen and oxygen atoms in total. The normalized spacial score (nSPS) is 14.2. The van der Waals surface area contributed by atoms with Gasteiger partial charge in [-0.3, -0.25) is 14.6 Å². The lowest BCUT2D eigenvalue weighted by Gasteiger charge is -2.12. The number of nitrogens with zero attached hydrogens (tertiary/aromatic N) is 3. The number of hydrogen-bond donors (Lipinski definition) is 3. The van der Waals surface area contributed by atoms with Gasteiger partial charge in [-0.2, -0.15) is 10.2 Å². The average Bonchev–Trinajstić information content (AvgIpc) is 3.04. The molecule has 0 saturated heterocycles. The number of carbonyl (C=O) groups excluding carboxylic acids is 1. The molecule has 0 atom stereocenters. The fraction of sp³-hybridized carbons (Fsp3) is 0.417. The molecular weight excluding hydrogens is 282 g/mol. The molecule has 0 spiro atoms. The number of aromatic amines is 1. The number of fused-ring (bicyclic) bond motifs is 1. The van der Waals surface area contributed by atoms with Crippen LogP contribution in [0.5, 0.6) is 0 Å². The molecular formula is C12H14F2N6O. The Morgan fingerprint density at radius 2 is 2.38 bits per heavy atom. The van der Waals surface area contributed by atoms with Gasteiger partial charge in [-0.15, -0.1) is 0 Å². The Labute approximate surface area is 118 Å². The molecule has 0 unspecified atom stereocenters. The van der Waals surface area contributed by atoms with Crippen LogP contribution >= 0.6 is 0 Å². The third kappa shape index (κ3) is 2.92. The summed E-state index contributed by atoms with van der Waals surface area (Å²) in [7, 11) is 0. The van der Waals surface area contributed by atoms with E-state index in [0.29, 0.717) is 17.9 Å². The van der Waals surface area contributed by atoms with Crippen molar-refractivity contribution in [1.82, 2.24) is 25.3 Å². The molecule has 112 valence electrons. The van der Waals surface area contributed by atoms with Gasteiger partial charge in [0.25, 0.3) is 12.3 Å². The molecule has 3 heterocycles. The topological polar surface area (TPSA) is 87.6 Å². The highest BCUT2D eigenvalue weighted by Gasteiger charge is 2.21. The van der Waals surface area contributed by atoms with Gasteiger partial charge >= 0.3 is 0 Å². The van der Waals surface area contributed by atoms with Crippen molar-refractivity contribution < 1.29 is 13.6 Å². The van der Waals surface area contributed by atoms with Gasteiger partial charge < -0.3 is 10.6 Å². The number of aromatic nitrogens is 4. The average molecular weight is 296 g/mol. The molecule has 9 heteroatoms. The Bertz CT molecular complexity index is 650. The standard InChI is InChI=1S/C12H14F2N6O/c13-10(14)6-20-5-7(3-16-20)17-12(21)11-8-4-15-2-1-9(8)18-19-11/h3,5,10,15H,1-2,4,6H2,(H,17,21)(H,18,19). The summed E-state index contributed by atoms with van der Waals surface area (Å²) in [6.45, 7) is 0.924. The minimum atomic E-state index is -2.49. The lowest BCUT2D eigenvalue weighted by molar-refractivity contribution is 0.102. The number of H-pyrrole nitrogens is 1. The molecule has 0 radical (unpaired) electrons. The monoisotopic (exact) mass is 296 g/mol. The van der Waals surface area contributed by atoms with Crippen LogP contribution in [-0.2, 0) is 19.5 Å². The van der Waals surface area contributed by atoms with Gasteiger partial charge in [-0.25, -0.2) is 8.78 Å². The van der Waals surface area contributed by atoms with Crippen molar-refractivity contribution in [2.24, 2.45) is 0 Å². The Balaban J connectivity index is 1.71. The second kappa shape index (κ2) is 5.60. The second-order valence-corrected chi connectivity index (χ2v) is 4.75. The van der Waals surface area contributed by atoms with Crippen molar-refractivity contribution in [2.75, 3.05) is 11.9 Å². The van der Waals surface area contributed by atoms with Gasteiger partial charge in [0.05, 0.1) is 11.9 Å². The SMILES string of the molecule is O=C(Nc1cnn(CC(F)F)c1)c1n[nH]c2c1CNCC2. The van der Waals surface area contributed by atoms with Crippen LogP contribution in [0.1, 0.15) is 21.7 Å². The Kier molecular flexibility index (Phi) is 3.65. The molecule has 1 aliphatic heterocycles. The molecule has 21 heavy (non-hydrogen) atoms. The fourth-order valence-corrected chi connectivity index (χ4v) is 2.27.